The Morgan fingerprint density at radius 1 is 1.03 bits per heavy atom. The number of benzene rings is 3. The zero-order chi connectivity index (χ0) is 21.7. The van der Waals surface area contributed by atoms with E-state index >= 15 is 0 Å². The highest BCUT2D eigenvalue weighted by Gasteiger charge is 2.19. The number of carbonyl (C=O) groups is 1. The van der Waals surface area contributed by atoms with Gasteiger partial charge in [0.25, 0.3) is 15.9 Å². The normalized spacial score (nSPS) is 10.8. The zero-order valence-electron chi connectivity index (χ0n) is 16.0. The molecule has 0 aliphatic heterocycles. The van der Waals surface area contributed by atoms with Gasteiger partial charge in [0.1, 0.15) is 0 Å². The van der Waals surface area contributed by atoms with Crippen LogP contribution < -0.4 is 10.0 Å². The summed E-state index contributed by atoms with van der Waals surface area (Å²) in [5.41, 5.74) is 2.69. The second-order valence-corrected chi connectivity index (χ2v) is 8.69. The van der Waals surface area contributed by atoms with Crippen LogP contribution in [0.25, 0.3) is 0 Å². The number of nitrogens with one attached hydrogen (secondary N) is 2. The Morgan fingerprint density at radius 3 is 2.43 bits per heavy atom. The second kappa shape index (κ2) is 8.99. The van der Waals surface area contributed by atoms with Crippen LogP contribution in [0.4, 0.5) is 11.4 Å². The van der Waals surface area contributed by atoms with Gasteiger partial charge in [-0.3, -0.25) is 9.52 Å². The molecule has 3 aromatic rings. The molecule has 152 valence electrons. The fourth-order valence-corrected chi connectivity index (χ4v) is 4.04. The highest BCUT2D eigenvalue weighted by atomic mass is 35.5. The third-order valence-corrected chi connectivity index (χ3v) is 5.97. The summed E-state index contributed by atoms with van der Waals surface area (Å²) in [6.45, 7) is 1.86. The van der Waals surface area contributed by atoms with Crippen LogP contribution >= 0.6 is 11.6 Å². The third-order valence-electron chi connectivity index (χ3n) is 4.26. The van der Waals surface area contributed by atoms with Crippen LogP contribution in [0, 0.1) is 18.3 Å². The number of aryl methyl sites for hydroxylation is 1. The molecular formula is C22H18ClN3O3S. The van der Waals surface area contributed by atoms with Crippen molar-refractivity contribution < 1.29 is 13.2 Å². The third kappa shape index (κ3) is 5.17. The van der Waals surface area contributed by atoms with Gasteiger partial charge in [-0.05, 0) is 60.5 Å². The summed E-state index contributed by atoms with van der Waals surface area (Å²) in [5, 5.41) is 11.5. The Morgan fingerprint density at radius 2 is 1.77 bits per heavy atom. The molecular weight excluding hydrogens is 422 g/mol. The topological polar surface area (TPSA) is 99.1 Å². The van der Waals surface area contributed by atoms with Crippen molar-refractivity contribution >= 4 is 38.9 Å². The molecule has 2 N–H and O–H groups in total. The quantitative estimate of drug-likeness (QED) is 0.577. The first-order valence-corrected chi connectivity index (χ1v) is 10.8. The van der Waals surface area contributed by atoms with Crippen LogP contribution in [-0.2, 0) is 16.4 Å². The minimum atomic E-state index is -3.91. The van der Waals surface area contributed by atoms with Crippen molar-refractivity contribution in [3.63, 3.8) is 0 Å². The molecule has 0 saturated heterocycles. The van der Waals surface area contributed by atoms with Gasteiger partial charge in [-0.2, -0.15) is 5.26 Å². The molecule has 1 amide bonds. The first-order chi connectivity index (χ1) is 14.3. The fourth-order valence-electron chi connectivity index (χ4n) is 2.76. The molecule has 30 heavy (non-hydrogen) atoms. The van der Waals surface area contributed by atoms with Crippen molar-refractivity contribution in [1.82, 2.24) is 0 Å². The van der Waals surface area contributed by atoms with E-state index in [9.17, 15) is 13.2 Å². The largest absolute Gasteiger partial charge is 0.322 e. The number of carbonyl (C=O) groups excluding carboxylic acids is 1. The van der Waals surface area contributed by atoms with E-state index in [0.717, 1.165) is 11.1 Å². The van der Waals surface area contributed by atoms with Crippen LogP contribution in [0.2, 0.25) is 5.02 Å². The van der Waals surface area contributed by atoms with Crippen molar-refractivity contribution in [1.29, 1.82) is 5.26 Å². The molecule has 0 radical (unpaired) electrons. The Labute approximate surface area is 180 Å². The lowest BCUT2D eigenvalue weighted by Gasteiger charge is -2.12. The van der Waals surface area contributed by atoms with Crippen LogP contribution in [0.3, 0.4) is 0 Å². The van der Waals surface area contributed by atoms with Crippen molar-refractivity contribution in [2.75, 3.05) is 10.0 Å². The van der Waals surface area contributed by atoms with E-state index < -0.39 is 15.9 Å². The van der Waals surface area contributed by atoms with Crippen molar-refractivity contribution in [2.45, 2.75) is 18.2 Å². The summed E-state index contributed by atoms with van der Waals surface area (Å²) >= 11 is 6.14. The molecule has 3 rings (SSSR count). The minimum absolute atomic E-state index is 0.0323. The number of amides is 1. The summed E-state index contributed by atoms with van der Waals surface area (Å²) in [6.07, 6.45) is 0.272. The summed E-state index contributed by atoms with van der Waals surface area (Å²) in [7, 11) is -3.91. The Bertz CT molecular complexity index is 1230. The van der Waals surface area contributed by atoms with E-state index in [1.807, 2.05) is 13.0 Å². The molecule has 0 bridgehead atoms. The van der Waals surface area contributed by atoms with Crippen molar-refractivity contribution in [3.8, 4) is 6.07 Å². The molecule has 6 nitrogen and oxygen atoms in total. The first-order valence-electron chi connectivity index (χ1n) is 8.95. The van der Waals surface area contributed by atoms with Gasteiger partial charge < -0.3 is 5.32 Å². The lowest BCUT2D eigenvalue weighted by Crippen LogP contribution is -2.16. The maximum atomic E-state index is 12.7. The van der Waals surface area contributed by atoms with E-state index in [4.69, 9.17) is 16.9 Å². The standard InChI is InChI=1S/C22H18ClN3O3S/c1-15-3-2-4-18(13-15)26-30(28,29)19-9-10-21(23)20(14-19)22(27)25-17-7-5-16(6-8-17)11-12-24/h2-10,13-14,26H,11H2,1H3,(H,25,27). The molecule has 0 heterocycles. The van der Waals surface area contributed by atoms with Crippen LogP contribution in [0.1, 0.15) is 21.5 Å². The number of nitrogens with zero attached hydrogens (tertiary/aromatic N) is 1. The summed E-state index contributed by atoms with van der Waals surface area (Å²) < 4.78 is 28.0. The van der Waals surface area contributed by atoms with Gasteiger partial charge >= 0.3 is 0 Å². The van der Waals surface area contributed by atoms with E-state index in [-0.39, 0.29) is 21.9 Å². The van der Waals surface area contributed by atoms with Crippen LogP contribution in [0.5, 0.6) is 0 Å². The summed E-state index contributed by atoms with van der Waals surface area (Å²) in [4.78, 5) is 12.6. The molecule has 0 fully saturated rings. The smallest absolute Gasteiger partial charge is 0.261 e. The lowest BCUT2D eigenvalue weighted by atomic mass is 10.1. The van der Waals surface area contributed by atoms with Gasteiger partial charge in [-0.1, -0.05) is 35.9 Å². The predicted molar refractivity (Wildman–Crippen MR) is 117 cm³/mol. The molecule has 8 heteroatoms. The van der Waals surface area contributed by atoms with Gasteiger partial charge in [0.05, 0.1) is 28.0 Å². The van der Waals surface area contributed by atoms with E-state index in [1.54, 1.807) is 42.5 Å². The molecule has 0 unspecified atom stereocenters. The molecule has 0 aliphatic carbocycles. The van der Waals surface area contributed by atoms with Crippen molar-refractivity contribution in [3.05, 3.63) is 88.4 Å². The van der Waals surface area contributed by atoms with Crippen LogP contribution in [-0.4, -0.2) is 14.3 Å². The summed E-state index contributed by atoms with van der Waals surface area (Å²) in [6, 6.07) is 19.7. The number of hydrogen-bond acceptors (Lipinski definition) is 4. The maximum absolute atomic E-state index is 12.7. The zero-order valence-corrected chi connectivity index (χ0v) is 17.6. The SMILES string of the molecule is Cc1cccc(NS(=O)(=O)c2ccc(Cl)c(C(=O)Nc3ccc(CC#N)cc3)c2)c1. The summed E-state index contributed by atoms with van der Waals surface area (Å²) in [5.74, 6) is -0.541. The molecule has 0 aliphatic rings. The predicted octanol–water partition coefficient (Wildman–Crippen LogP) is 4.77. The molecule has 0 atom stereocenters. The number of rotatable bonds is 6. The molecule has 0 aromatic heterocycles. The fraction of sp³-hybridized carbons (Fsp3) is 0.0909. The highest BCUT2D eigenvalue weighted by molar-refractivity contribution is 7.92. The van der Waals surface area contributed by atoms with Gasteiger partial charge in [-0.25, -0.2) is 8.42 Å². The monoisotopic (exact) mass is 439 g/mol. The second-order valence-electron chi connectivity index (χ2n) is 6.60. The molecule has 0 saturated carbocycles. The van der Waals surface area contributed by atoms with Crippen molar-refractivity contribution in [2.24, 2.45) is 0 Å². The van der Waals surface area contributed by atoms with Gasteiger partial charge in [0, 0.05) is 11.4 Å². The Kier molecular flexibility index (Phi) is 6.40. The van der Waals surface area contributed by atoms with Crippen LogP contribution in [0.15, 0.2) is 71.6 Å². The van der Waals surface area contributed by atoms with Gasteiger partial charge in [0.2, 0.25) is 0 Å². The van der Waals surface area contributed by atoms with Gasteiger partial charge in [-0.15, -0.1) is 0 Å². The Hall–Kier alpha value is -3.34. The highest BCUT2D eigenvalue weighted by Crippen LogP contribution is 2.24. The number of sulfonamides is 1. The van der Waals surface area contributed by atoms with E-state index in [0.29, 0.717) is 11.4 Å². The maximum Gasteiger partial charge on any atom is 0.261 e. The average molecular weight is 440 g/mol. The average Bonchev–Trinajstić information content (AvgIpc) is 2.69. The number of nitriles is 1. The minimum Gasteiger partial charge on any atom is -0.322 e. The van der Waals surface area contributed by atoms with E-state index in [1.165, 1.54) is 18.2 Å². The lowest BCUT2D eigenvalue weighted by molar-refractivity contribution is 0.102. The molecule has 3 aromatic carbocycles. The van der Waals surface area contributed by atoms with Gasteiger partial charge in [0.15, 0.2) is 0 Å². The Balaban J connectivity index is 1.83. The number of anilines is 2. The number of halogens is 1. The molecule has 0 spiro atoms. The number of hydrogen-bond donors (Lipinski definition) is 2. The van der Waals surface area contributed by atoms with E-state index in [2.05, 4.69) is 16.1 Å². The first kappa shape index (κ1) is 21.4.